The smallest absolute Gasteiger partial charge is 0.256 e. The summed E-state index contributed by atoms with van der Waals surface area (Å²) in [5, 5.41) is 1.12. The van der Waals surface area contributed by atoms with E-state index in [9.17, 15) is 9.59 Å². The highest BCUT2D eigenvalue weighted by molar-refractivity contribution is 6.07. The van der Waals surface area contributed by atoms with Crippen molar-refractivity contribution in [2.45, 2.75) is 12.3 Å². The van der Waals surface area contributed by atoms with E-state index in [1.54, 1.807) is 0 Å². The summed E-state index contributed by atoms with van der Waals surface area (Å²) in [4.78, 5) is 24.4. The average molecular weight is 266 g/mol. The zero-order valence-electron chi connectivity index (χ0n) is 10.8. The van der Waals surface area contributed by atoms with Crippen molar-refractivity contribution in [1.82, 2.24) is 5.01 Å². The molecule has 20 heavy (non-hydrogen) atoms. The van der Waals surface area contributed by atoms with E-state index in [-0.39, 0.29) is 24.2 Å². The number of carbonyl (C=O) groups is 2. The Kier molecular flexibility index (Phi) is 3.21. The number of amides is 2. The van der Waals surface area contributed by atoms with Crippen molar-refractivity contribution in [3.8, 4) is 0 Å². The van der Waals surface area contributed by atoms with Crippen LogP contribution in [0.1, 0.15) is 17.9 Å². The molecule has 1 N–H and O–H groups in total. The first-order chi connectivity index (χ1) is 9.75. The number of carbonyl (C=O) groups excluding carboxylic acids is 2. The summed E-state index contributed by atoms with van der Waals surface area (Å²) in [6.07, 6.45) is 0.211. The molecule has 0 bridgehead atoms. The summed E-state index contributed by atoms with van der Waals surface area (Å²) < 4.78 is 0. The van der Waals surface area contributed by atoms with Crippen LogP contribution in [0, 0.1) is 0 Å². The molecule has 0 saturated carbocycles. The zero-order valence-corrected chi connectivity index (χ0v) is 10.8. The first-order valence-corrected chi connectivity index (χ1v) is 6.49. The lowest BCUT2D eigenvalue weighted by Gasteiger charge is -2.17. The van der Waals surface area contributed by atoms with Crippen LogP contribution in [-0.4, -0.2) is 16.8 Å². The number of anilines is 1. The van der Waals surface area contributed by atoms with Crippen LogP contribution in [0.2, 0.25) is 0 Å². The van der Waals surface area contributed by atoms with Crippen molar-refractivity contribution in [1.29, 1.82) is 0 Å². The quantitative estimate of drug-likeness (QED) is 0.869. The van der Waals surface area contributed by atoms with E-state index >= 15 is 0 Å². The standard InChI is InChI=1S/C16H14N2O2/c19-15-11-14(12-7-3-1-4-8-12)16(20)18(15)17-13-9-5-2-6-10-13/h1-10,14,17H,11H2. The normalized spacial score (nSPS) is 18.4. The Morgan fingerprint density at radius 1 is 0.900 bits per heavy atom. The maximum atomic E-state index is 12.4. The minimum absolute atomic E-state index is 0.201. The molecule has 0 aromatic heterocycles. The van der Waals surface area contributed by atoms with Crippen LogP contribution in [0.15, 0.2) is 60.7 Å². The van der Waals surface area contributed by atoms with Crippen LogP contribution < -0.4 is 5.43 Å². The fourth-order valence-electron chi connectivity index (χ4n) is 2.34. The van der Waals surface area contributed by atoms with Gasteiger partial charge in [0.1, 0.15) is 0 Å². The molecule has 0 aliphatic carbocycles. The maximum absolute atomic E-state index is 12.4. The van der Waals surface area contributed by atoms with Crippen molar-refractivity contribution in [3.63, 3.8) is 0 Å². The van der Waals surface area contributed by atoms with E-state index in [1.807, 2.05) is 60.7 Å². The van der Waals surface area contributed by atoms with Gasteiger partial charge in [0.2, 0.25) is 5.91 Å². The Bertz CT molecular complexity index is 625. The summed E-state index contributed by atoms with van der Waals surface area (Å²) >= 11 is 0. The highest BCUT2D eigenvalue weighted by Crippen LogP contribution is 2.29. The SMILES string of the molecule is O=C1CC(c2ccccc2)C(=O)N1Nc1ccccc1. The van der Waals surface area contributed by atoms with E-state index in [4.69, 9.17) is 0 Å². The molecule has 2 aromatic rings. The number of hydrogen-bond donors (Lipinski definition) is 1. The van der Waals surface area contributed by atoms with E-state index < -0.39 is 0 Å². The Balaban J connectivity index is 1.81. The third-order valence-corrected chi connectivity index (χ3v) is 3.36. The summed E-state index contributed by atoms with van der Waals surface area (Å²) in [6.45, 7) is 0. The highest BCUT2D eigenvalue weighted by Gasteiger charge is 2.39. The van der Waals surface area contributed by atoms with Gasteiger partial charge in [-0.3, -0.25) is 15.0 Å². The topological polar surface area (TPSA) is 49.4 Å². The Labute approximate surface area is 117 Å². The van der Waals surface area contributed by atoms with Gasteiger partial charge in [-0.15, -0.1) is 0 Å². The monoisotopic (exact) mass is 266 g/mol. The molecule has 1 fully saturated rings. The highest BCUT2D eigenvalue weighted by atomic mass is 16.2. The Morgan fingerprint density at radius 2 is 1.50 bits per heavy atom. The van der Waals surface area contributed by atoms with Gasteiger partial charge in [0.15, 0.2) is 0 Å². The number of rotatable bonds is 3. The number of benzene rings is 2. The number of hydrazine groups is 1. The molecule has 1 saturated heterocycles. The number of para-hydroxylation sites is 1. The van der Waals surface area contributed by atoms with Gasteiger partial charge in [-0.1, -0.05) is 48.5 Å². The minimum Gasteiger partial charge on any atom is -0.289 e. The van der Waals surface area contributed by atoms with Crippen molar-refractivity contribution in [3.05, 3.63) is 66.2 Å². The summed E-state index contributed by atoms with van der Waals surface area (Å²) in [7, 11) is 0. The zero-order chi connectivity index (χ0) is 13.9. The molecular formula is C16H14N2O2. The number of nitrogens with zero attached hydrogens (tertiary/aromatic N) is 1. The molecule has 0 radical (unpaired) electrons. The fourth-order valence-corrected chi connectivity index (χ4v) is 2.34. The first-order valence-electron chi connectivity index (χ1n) is 6.49. The molecule has 1 atom stereocenters. The van der Waals surface area contributed by atoms with Crippen LogP contribution in [0.25, 0.3) is 0 Å². The van der Waals surface area contributed by atoms with Gasteiger partial charge < -0.3 is 0 Å². The van der Waals surface area contributed by atoms with Crippen LogP contribution in [0.4, 0.5) is 5.69 Å². The van der Waals surface area contributed by atoms with Gasteiger partial charge in [-0.25, -0.2) is 0 Å². The fraction of sp³-hybridized carbons (Fsp3) is 0.125. The molecule has 1 unspecified atom stereocenters. The van der Waals surface area contributed by atoms with Crippen LogP contribution in [0.5, 0.6) is 0 Å². The second-order valence-electron chi connectivity index (χ2n) is 4.71. The second-order valence-corrected chi connectivity index (χ2v) is 4.71. The minimum atomic E-state index is -0.389. The summed E-state index contributed by atoms with van der Waals surface area (Å²) in [5.41, 5.74) is 4.48. The van der Waals surface area contributed by atoms with E-state index in [1.165, 1.54) is 0 Å². The lowest BCUT2D eigenvalue weighted by atomic mass is 9.98. The van der Waals surface area contributed by atoms with Crippen molar-refractivity contribution in [2.24, 2.45) is 0 Å². The van der Waals surface area contributed by atoms with Crippen molar-refractivity contribution >= 4 is 17.5 Å². The molecule has 1 aliphatic heterocycles. The molecular weight excluding hydrogens is 252 g/mol. The molecule has 2 amide bonds. The van der Waals surface area contributed by atoms with Gasteiger partial charge in [-0.05, 0) is 17.7 Å². The average Bonchev–Trinajstić information content (AvgIpc) is 2.77. The largest absolute Gasteiger partial charge is 0.289 e. The van der Waals surface area contributed by atoms with Crippen LogP contribution >= 0.6 is 0 Å². The summed E-state index contributed by atoms with van der Waals surface area (Å²) in [6, 6.07) is 18.6. The molecule has 4 heteroatoms. The number of nitrogens with one attached hydrogen (secondary N) is 1. The maximum Gasteiger partial charge on any atom is 0.256 e. The predicted octanol–water partition coefficient (Wildman–Crippen LogP) is 2.56. The first kappa shape index (κ1) is 12.4. The van der Waals surface area contributed by atoms with Crippen molar-refractivity contribution in [2.75, 3.05) is 5.43 Å². The van der Waals surface area contributed by atoms with Crippen LogP contribution in [-0.2, 0) is 9.59 Å². The van der Waals surface area contributed by atoms with E-state index in [0.29, 0.717) is 0 Å². The van der Waals surface area contributed by atoms with E-state index in [2.05, 4.69) is 5.43 Å². The lowest BCUT2D eigenvalue weighted by molar-refractivity contribution is -0.137. The van der Waals surface area contributed by atoms with Gasteiger partial charge in [0, 0.05) is 6.42 Å². The second kappa shape index (κ2) is 5.17. The van der Waals surface area contributed by atoms with Gasteiger partial charge >= 0.3 is 0 Å². The Morgan fingerprint density at radius 3 is 2.15 bits per heavy atom. The molecule has 3 rings (SSSR count). The van der Waals surface area contributed by atoms with Gasteiger partial charge in [0.25, 0.3) is 5.91 Å². The number of hydrogen-bond acceptors (Lipinski definition) is 3. The molecule has 0 spiro atoms. The summed E-state index contributed by atoms with van der Waals surface area (Å²) in [5.74, 6) is -0.794. The Hall–Kier alpha value is -2.62. The molecule has 2 aromatic carbocycles. The molecule has 1 heterocycles. The molecule has 1 aliphatic rings. The molecule has 100 valence electrons. The lowest BCUT2D eigenvalue weighted by Crippen LogP contribution is -2.35. The third kappa shape index (κ3) is 2.28. The predicted molar refractivity (Wildman–Crippen MR) is 75.7 cm³/mol. The number of imide groups is 1. The molecule has 4 nitrogen and oxygen atoms in total. The van der Waals surface area contributed by atoms with Gasteiger partial charge in [0.05, 0.1) is 11.6 Å². The van der Waals surface area contributed by atoms with Crippen LogP contribution in [0.3, 0.4) is 0 Å². The van der Waals surface area contributed by atoms with Crippen molar-refractivity contribution < 1.29 is 9.59 Å². The van der Waals surface area contributed by atoms with Gasteiger partial charge in [-0.2, -0.15) is 5.01 Å². The third-order valence-electron chi connectivity index (χ3n) is 3.36. The van der Waals surface area contributed by atoms with E-state index in [0.717, 1.165) is 16.3 Å².